The van der Waals surface area contributed by atoms with Gasteiger partial charge < -0.3 is 10.4 Å². The summed E-state index contributed by atoms with van der Waals surface area (Å²) in [6.07, 6.45) is 6.16. The fraction of sp³-hybridized carbons (Fsp3) is 0.857. The van der Waals surface area contributed by atoms with Gasteiger partial charge in [-0.15, -0.1) is 11.8 Å². The number of hydrogen-bond acceptors (Lipinski definition) is 3. The van der Waals surface area contributed by atoms with E-state index in [-0.39, 0.29) is 17.6 Å². The molecule has 0 spiro atoms. The molecule has 0 saturated carbocycles. The van der Waals surface area contributed by atoms with Crippen molar-refractivity contribution in [2.75, 3.05) is 12.3 Å². The van der Waals surface area contributed by atoms with Gasteiger partial charge in [-0.05, 0) is 37.4 Å². The van der Waals surface area contributed by atoms with Crippen molar-refractivity contribution in [1.82, 2.24) is 5.32 Å². The van der Waals surface area contributed by atoms with Gasteiger partial charge in [0.25, 0.3) is 0 Å². The third-order valence-corrected chi connectivity index (χ3v) is 5.04. The van der Waals surface area contributed by atoms with Crippen LogP contribution in [0.2, 0.25) is 0 Å². The second-order valence-corrected chi connectivity index (χ2v) is 6.45. The lowest BCUT2D eigenvalue weighted by Crippen LogP contribution is -2.35. The Balaban J connectivity index is 2.16. The minimum absolute atomic E-state index is 0.132. The maximum absolute atomic E-state index is 11.9. The van der Waals surface area contributed by atoms with E-state index in [0.717, 1.165) is 31.4 Å². The molecule has 0 aromatic rings. The molecule has 0 aromatic heterocycles. The quantitative estimate of drug-likeness (QED) is 0.720. The van der Waals surface area contributed by atoms with Gasteiger partial charge in [0.2, 0.25) is 5.91 Å². The summed E-state index contributed by atoms with van der Waals surface area (Å²) in [6, 6.07) is 0. The smallest absolute Gasteiger partial charge is 0.303 e. The summed E-state index contributed by atoms with van der Waals surface area (Å²) in [5, 5.41) is 11.8. The zero-order chi connectivity index (χ0) is 14.1. The topological polar surface area (TPSA) is 66.4 Å². The van der Waals surface area contributed by atoms with Crippen molar-refractivity contribution < 1.29 is 14.7 Å². The number of carbonyl (C=O) groups is 2. The van der Waals surface area contributed by atoms with E-state index in [9.17, 15) is 9.59 Å². The normalized spacial score (nSPS) is 20.8. The first-order chi connectivity index (χ1) is 9.13. The SMILES string of the molecule is CCC(CCNC(=O)C1CCCCS1)CCC(=O)O. The van der Waals surface area contributed by atoms with Crippen LogP contribution in [0.25, 0.3) is 0 Å². The maximum Gasteiger partial charge on any atom is 0.303 e. The third-order valence-electron chi connectivity index (χ3n) is 3.67. The van der Waals surface area contributed by atoms with Crippen LogP contribution >= 0.6 is 11.8 Å². The van der Waals surface area contributed by atoms with Crippen LogP contribution in [0, 0.1) is 5.92 Å². The summed E-state index contributed by atoms with van der Waals surface area (Å²) in [5.74, 6) is 0.920. The molecule has 1 fully saturated rings. The lowest BCUT2D eigenvalue weighted by molar-refractivity contribution is -0.137. The van der Waals surface area contributed by atoms with E-state index in [1.165, 1.54) is 6.42 Å². The molecule has 1 amide bonds. The monoisotopic (exact) mass is 287 g/mol. The molecule has 0 aromatic carbocycles. The largest absolute Gasteiger partial charge is 0.481 e. The predicted molar refractivity (Wildman–Crippen MR) is 78.4 cm³/mol. The third kappa shape index (κ3) is 6.85. The van der Waals surface area contributed by atoms with Gasteiger partial charge in [0.15, 0.2) is 0 Å². The molecule has 19 heavy (non-hydrogen) atoms. The van der Waals surface area contributed by atoms with Crippen LogP contribution in [-0.4, -0.2) is 34.5 Å². The lowest BCUT2D eigenvalue weighted by Gasteiger charge is -2.21. The lowest BCUT2D eigenvalue weighted by atomic mass is 9.96. The second-order valence-electron chi connectivity index (χ2n) is 5.14. The van der Waals surface area contributed by atoms with Crippen LogP contribution in [0.1, 0.15) is 51.9 Å². The van der Waals surface area contributed by atoms with Crippen molar-refractivity contribution in [1.29, 1.82) is 0 Å². The van der Waals surface area contributed by atoms with Gasteiger partial charge in [-0.25, -0.2) is 0 Å². The average molecular weight is 287 g/mol. The number of amides is 1. The second kappa shape index (κ2) is 9.23. The van der Waals surface area contributed by atoms with Gasteiger partial charge in [-0.3, -0.25) is 9.59 Å². The van der Waals surface area contributed by atoms with Crippen molar-refractivity contribution in [3.8, 4) is 0 Å². The molecule has 1 heterocycles. The first-order valence-electron chi connectivity index (χ1n) is 7.24. The van der Waals surface area contributed by atoms with Crippen LogP contribution in [0.5, 0.6) is 0 Å². The average Bonchev–Trinajstić information content (AvgIpc) is 2.43. The van der Waals surface area contributed by atoms with E-state index in [1.54, 1.807) is 11.8 Å². The highest BCUT2D eigenvalue weighted by Crippen LogP contribution is 2.25. The van der Waals surface area contributed by atoms with Crippen molar-refractivity contribution in [2.45, 2.75) is 57.1 Å². The number of carboxylic acid groups (broad SMARTS) is 1. The van der Waals surface area contributed by atoms with Crippen molar-refractivity contribution >= 4 is 23.6 Å². The molecular weight excluding hydrogens is 262 g/mol. The van der Waals surface area contributed by atoms with E-state index >= 15 is 0 Å². The summed E-state index contributed by atoms with van der Waals surface area (Å²) < 4.78 is 0. The summed E-state index contributed by atoms with van der Waals surface area (Å²) >= 11 is 1.76. The van der Waals surface area contributed by atoms with Gasteiger partial charge in [0.1, 0.15) is 0 Å². The highest BCUT2D eigenvalue weighted by molar-refractivity contribution is 8.00. The van der Waals surface area contributed by atoms with Gasteiger partial charge >= 0.3 is 5.97 Å². The minimum atomic E-state index is -0.735. The molecule has 1 rings (SSSR count). The Bertz CT molecular complexity index is 290. The summed E-state index contributed by atoms with van der Waals surface area (Å²) in [5.41, 5.74) is 0. The van der Waals surface area contributed by atoms with E-state index in [2.05, 4.69) is 12.2 Å². The minimum Gasteiger partial charge on any atom is -0.481 e. The van der Waals surface area contributed by atoms with E-state index in [0.29, 0.717) is 18.9 Å². The summed E-state index contributed by atoms with van der Waals surface area (Å²) in [7, 11) is 0. The Labute approximate surface area is 119 Å². The van der Waals surface area contributed by atoms with Crippen LogP contribution in [-0.2, 0) is 9.59 Å². The Hall–Kier alpha value is -0.710. The summed E-state index contributed by atoms with van der Waals surface area (Å²) in [4.78, 5) is 22.4. The van der Waals surface area contributed by atoms with Gasteiger partial charge in [-0.2, -0.15) is 0 Å². The molecule has 0 aliphatic carbocycles. The van der Waals surface area contributed by atoms with Gasteiger partial charge in [0, 0.05) is 13.0 Å². The molecule has 2 N–H and O–H groups in total. The molecule has 5 heteroatoms. The van der Waals surface area contributed by atoms with Crippen LogP contribution in [0.3, 0.4) is 0 Å². The van der Waals surface area contributed by atoms with E-state index in [4.69, 9.17) is 5.11 Å². The van der Waals surface area contributed by atoms with Crippen molar-refractivity contribution in [3.05, 3.63) is 0 Å². The zero-order valence-electron chi connectivity index (χ0n) is 11.7. The van der Waals surface area contributed by atoms with Gasteiger partial charge in [-0.1, -0.05) is 19.8 Å². The molecule has 1 saturated heterocycles. The molecular formula is C14H25NO3S. The van der Waals surface area contributed by atoms with E-state index in [1.807, 2.05) is 0 Å². The molecule has 0 bridgehead atoms. The van der Waals surface area contributed by atoms with Crippen molar-refractivity contribution in [3.63, 3.8) is 0 Å². The fourth-order valence-corrected chi connectivity index (χ4v) is 3.56. The van der Waals surface area contributed by atoms with Gasteiger partial charge in [0.05, 0.1) is 5.25 Å². The highest BCUT2D eigenvalue weighted by Gasteiger charge is 2.21. The number of thioether (sulfide) groups is 1. The number of aliphatic carboxylic acids is 1. The number of nitrogens with one attached hydrogen (secondary N) is 1. The predicted octanol–water partition coefficient (Wildman–Crippen LogP) is 2.67. The molecule has 2 unspecified atom stereocenters. The van der Waals surface area contributed by atoms with Crippen molar-refractivity contribution in [2.24, 2.45) is 5.92 Å². The van der Waals surface area contributed by atoms with Crippen LogP contribution < -0.4 is 5.32 Å². The first kappa shape index (κ1) is 16.3. The molecule has 110 valence electrons. The van der Waals surface area contributed by atoms with Crippen LogP contribution in [0.15, 0.2) is 0 Å². The Kier molecular flexibility index (Phi) is 7.94. The van der Waals surface area contributed by atoms with E-state index < -0.39 is 5.97 Å². The molecule has 1 aliphatic heterocycles. The Morgan fingerprint density at radius 2 is 2.16 bits per heavy atom. The zero-order valence-corrected chi connectivity index (χ0v) is 12.5. The maximum atomic E-state index is 11.9. The fourth-order valence-electron chi connectivity index (χ4n) is 2.34. The number of rotatable bonds is 8. The number of carboxylic acids is 1. The summed E-state index contributed by atoms with van der Waals surface area (Å²) in [6.45, 7) is 2.75. The first-order valence-corrected chi connectivity index (χ1v) is 8.29. The standard InChI is InChI=1S/C14H25NO3S/c1-2-11(6-7-13(16)17)8-9-15-14(18)12-5-3-4-10-19-12/h11-12H,2-10H2,1H3,(H,15,18)(H,16,17). The Morgan fingerprint density at radius 3 is 2.74 bits per heavy atom. The number of hydrogen-bond donors (Lipinski definition) is 2. The Morgan fingerprint density at radius 1 is 1.37 bits per heavy atom. The molecule has 1 aliphatic rings. The molecule has 0 radical (unpaired) electrons. The molecule has 2 atom stereocenters. The highest BCUT2D eigenvalue weighted by atomic mass is 32.2. The molecule has 4 nitrogen and oxygen atoms in total. The number of carbonyl (C=O) groups excluding carboxylic acids is 1. The van der Waals surface area contributed by atoms with Crippen LogP contribution in [0.4, 0.5) is 0 Å².